The number of rotatable bonds is 7. The van der Waals surface area contributed by atoms with Gasteiger partial charge in [-0.3, -0.25) is 19.6 Å². The van der Waals surface area contributed by atoms with E-state index in [0.717, 1.165) is 40.1 Å². The number of carbonyl (C=O) groups is 3. The highest BCUT2D eigenvalue weighted by Crippen LogP contribution is 2.42. The number of imide groups is 1. The van der Waals surface area contributed by atoms with E-state index in [1.807, 2.05) is 30.5 Å². The highest BCUT2D eigenvalue weighted by atomic mass is 32.2. The lowest BCUT2D eigenvalue weighted by molar-refractivity contribution is -0.137. The van der Waals surface area contributed by atoms with Crippen molar-refractivity contribution in [1.82, 2.24) is 35.5 Å². The smallest absolute Gasteiger partial charge is 0.344 e. The summed E-state index contributed by atoms with van der Waals surface area (Å²) in [6, 6.07) is 7.68. The number of para-hydroxylation sites is 1. The average molecular weight is 454 g/mol. The van der Waals surface area contributed by atoms with Gasteiger partial charge in [-0.25, -0.2) is 4.79 Å². The minimum Gasteiger partial charge on any atom is -0.360 e. The molecule has 1 saturated carbocycles. The molecule has 1 saturated heterocycles. The van der Waals surface area contributed by atoms with Gasteiger partial charge in [0.05, 0.1) is 5.75 Å². The number of hydrogen-bond acceptors (Lipinski definition) is 6. The zero-order chi connectivity index (χ0) is 22.5. The standard InChI is InChI=1S/C21H23N7O3S/c1-3-21(2)18(30)28(19(31)23-21)26-16(29)11-32-20-25-24-17(27(20)12-8-9-12)14-10-22-15-7-5-4-6-13(14)15/h4-7,10,12,22H,3,8-9,11H2,1-2H3,(H,23,31)(H,26,29). The number of aromatic amines is 1. The maximum Gasteiger partial charge on any atom is 0.344 e. The summed E-state index contributed by atoms with van der Waals surface area (Å²) >= 11 is 1.24. The van der Waals surface area contributed by atoms with Crippen molar-refractivity contribution in [3.05, 3.63) is 30.5 Å². The molecule has 4 amide bonds. The molecule has 1 aliphatic heterocycles. The Morgan fingerprint density at radius 2 is 2.06 bits per heavy atom. The highest BCUT2D eigenvalue weighted by molar-refractivity contribution is 7.99. The molecule has 3 heterocycles. The molecule has 2 aromatic heterocycles. The van der Waals surface area contributed by atoms with E-state index in [-0.39, 0.29) is 5.75 Å². The number of amides is 4. The van der Waals surface area contributed by atoms with E-state index in [9.17, 15) is 14.4 Å². The number of H-pyrrole nitrogens is 1. The van der Waals surface area contributed by atoms with Crippen molar-refractivity contribution < 1.29 is 14.4 Å². The lowest BCUT2D eigenvalue weighted by Crippen LogP contribution is -2.49. The summed E-state index contributed by atoms with van der Waals surface area (Å²) in [6.45, 7) is 3.44. The van der Waals surface area contributed by atoms with E-state index in [2.05, 4.69) is 30.5 Å². The monoisotopic (exact) mass is 453 g/mol. The van der Waals surface area contributed by atoms with Crippen LogP contribution in [0.5, 0.6) is 0 Å². The number of hydrazine groups is 1. The van der Waals surface area contributed by atoms with Gasteiger partial charge >= 0.3 is 6.03 Å². The molecule has 1 aromatic carbocycles. The quantitative estimate of drug-likeness (QED) is 0.373. The Kier molecular flexibility index (Phi) is 4.92. The molecule has 1 aliphatic carbocycles. The summed E-state index contributed by atoms with van der Waals surface area (Å²) in [6.07, 6.45) is 4.42. The van der Waals surface area contributed by atoms with Crippen molar-refractivity contribution >= 4 is 40.5 Å². The molecule has 1 unspecified atom stereocenters. The van der Waals surface area contributed by atoms with Crippen molar-refractivity contribution in [1.29, 1.82) is 0 Å². The van der Waals surface area contributed by atoms with E-state index in [4.69, 9.17) is 0 Å². The number of aromatic nitrogens is 4. The fourth-order valence-corrected chi connectivity index (χ4v) is 4.59. The van der Waals surface area contributed by atoms with Gasteiger partial charge in [-0.15, -0.1) is 10.2 Å². The van der Waals surface area contributed by atoms with Crippen LogP contribution < -0.4 is 10.7 Å². The number of hydrogen-bond donors (Lipinski definition) is 3. The van der Waals surface area contributed by atoms with Crippen molar-refractivity contribution in [2.24, 2.45) is 0 Å². The van der Waals surface area contributed by atoms with Crippen LogP contribution in [0.25, 0.3) is 22.3 Å². The maximum atomic E-state index is 12.5. The van der Waals surface area contributed by atoms with Crippen LogP contribution in [0.4, 0.5) is 4.79 Å². The molecule has 0 spiro atoms. The first kappa shape index (κ1) is 20.6. The fourth-order valence-electron chi connectivity index (χ4n) is 3.79. The lowest BCUT2D eigenvalue weighted by atomic mass is 10.00. The molecule has 10 nitrogen and oxygen atoms in total. The van der Waals surface area contributed by atoms with Crippen LogP contribution in [0.3, 0.4) is 0 Å². The zero-order valence-electron chi connectivity index (χ0n) is 17.7. The first-order valence-corrected chi connectivity index (χ1v) is 11.5. The SMILES string of the molecule is CCC1(C)NC(=O)N(NC(=O)CSc2nnc(-c3c[nH]c4ccccc34)n2C2CC2)C1=O. The second-order valence-electron chi connectivity index (χ2n) is 8.24. The van der Waals surface area contributed by atoms with Gasteiger partial charge in [0.2, 0.25) is 5.91 Å². The van der Waals surface area contributed by atoms with Gasteiger partial charge in [-0.2, -0.15) is 5.01 Å². The Hall–Kier alpha value is -3.34. The number of urea groups is 1. The summed E-state index contributed by atoms with van der Waals surface area (Å²) in [5.74, 6) is -0.164. The molecule has 1 atom stereocenters. The third-order valence-corrected chi connectivity index (χ3v) is 6.89. The number of thioether (sulfide) groups is 1. The fraction of sp³-hybridized carbons (Fsp3) is 0.381. The molecule has 0 bridgehead atoms. The average Bonchev–Trinajstić information content (AvgIpc) is 3.33. The van der Waals surface area contributed by atoms with Crippen LogP contribution in [0, 0.1) is 0 Å². The molecule has 3 N–H and O–H groups in total. The number of nitrogens with one attached hydrogen (secondary N) is 3. The van der Waals surface area contributed by atoms with Crippen LogP contribution in [-0.4, -0.2) is 53.9 Å². The Bertz CT molecular complexity index is 1230. The predicted molar refractivity (Wildman–Crippen MR) is 119 cm³/mol. The van der Waals surface area contributed by atoms with Crippen LogP contribution in [-0.2, 0) is 9.59 Å². The number of carbonyl (C=O) groups excluding carboxylic acids is 3. The Morgan fingerprint density at radius 1 is 1.28 bits per heavy atom. The molecular formula is C21H23N7O3S. The first-order valence-electron chi connectivity index (χ1n) is 10.5. The number of benzene rings is 1. The highest BCUT2D eigenvalue weighted by Gasteiger charge is 2.47. The number of nitrogens with zero attached hydrogens (tertiary/aromatic N) is 4. The van der Waals surface area contributed by atoms with Gasteiger partial charge in [0.15, 0.2) is 11.0 Å². The zero-order valence-corrected chi connectivity index (χ0v) is 18.5. The second kappa shape index (κ2) is 7.66. The van der Waals surface area contributed by atoms with Gasteiger partial charge < -0.3 is 10.3 Å². The summed E-state index contributed by atoms with van der Waals surface area (Å²) in [7, 11) is 0. The van der Waals surface area contributed by atoms with Crippen molar-refractivity contribution in [3.63, 3.8) is 0 Å². The molecule has 0 radical (unpaired) electrons. The van der Waals surface area contributed by atoms with Gasteiger partial charge in [0.25, 0.3) is 5.91 Å². The number of fused-ring (bicyclic) bond motifs is 1. The summed E-state index contributed by atoms with van der Waals surface area (Å²) in [4.78, 5) is 40.3. The van der Waals surface area contributed by atoms with Crippen molar-refractivity contribution in [2.75, 3.05) is 5.75 Å². The third-order valence-electron chi connectivity index (χ3n) is 5.94. The Morgan fingerprint density at radius 3 is 2.78 bits per heavy atom. The maximum absolute atomic E-state index is 12.5. The Balaban J connectivity index is 1.32. The van der Waals surface area contributed by atoms with Crippen LogP contribution in [0.1, 0.15) is 39.2 Å². The first-order chi connectivity index (χ1) is 15.4. The molecule has 166 valence electrons. The third kappa shape index (κ3) is 3.42. The van der Waals surface area contributed by atoms with E-state index in [1.54, 1.807) is 13.8 Å². The minimum atomic E-state index is -1.00. The van der Waals surface area contributed by atoms with Gasteiger partial charge in [-0.05, 0) is 32.3 Å². The summed E-state index contributed by atoms with van der Waals surface area (Å²) < 4.78 is 2.08. The van der Waals surface area contributed by atoms with Crippen LogP contribution in [0.2, 0.25) is 0 Å². The molecule has 32 heavy (non-hydrogen) atoms. The van der Waals surface area contributed by atoms with Crippen LogP contribution >= 0.6 is 11.8 Å². The summed E-state index contributed by atoms with van der Waals surface area (Å²) in [5.41, 5.74) is 3.40. The predicted octanol–water partition coefficient (Wildman–Crippen LogP) is 2.61. The van der Waals surface area contributed by atoms with E-state index < -0.39 is 23.4 Å². The topological polar surface area (TPSA) is 125 Å². The molecule has 2 fully saturated rings. The van der Waals surface area contributed by atoms with Gasteiger partial charge in [0, 0.05) is 28.7 Å². The molecular weight excluding hydrogens is 430 g/mol. The largest absolute Gasteiger partial charge is 0.360 e. The minimum absolute atomic E-state index is 0.00135. The lowest BCUT2D eigenvalue weighted by Gasteiger charge is -2.19. The van der Waals surface area contributed by atoms with E-state index in [1.165, 1.54) is 11.8 Å². The van der Waals surface area contributed by atoms with E-state index in [0.29, 0.717) is 17.6 Å². The Labute approximate surface area is 188 Å². The molecule has 3 aromatic rings. The normalized spacial score (nSPS) is 20.8. The molecule has 2 aliphatic rings. The van der Waals surface area contributed by atoms with Gasteiger partial charge in [-0.1, -0.05) is 36.9 Å². The van der Waals surface area contributed by atoms with E-state index >= 15 is 0 Å². The molecule has 5 rings (SSSR count). The van der Waals surface area contributed by atoms with Gasteiger partial charge in [0.1, 0.15) is 5.54 Å². The second-order valence-corrected chi connectivity index (χ2v) is 9.18. The summed E-state index contributed by atoms with van der Waals surface area (Å²) in [5, 5.41) is 13.8. The van der Waals surface area contributed by atoms with Crippen LogP contribution in [0.15, 0.2) is 35.6 Å². The van der Waals surface area contributed by atoms with Crippen molar-refractivity contribution in [3.8, 4) is 11.4 Å². The van der Waals surface area contributed by atoms with Crippen molar-refractivity contribution in [2.45, 2.75) is 49.8 Å². The molecule has 11 heteroatoms.